The van der Waals surface area contributed by atoms with Gasteiger partial charge in [-0.2, -0.15) is 0 Å². The Labute approximate surface area is 126 Å². The van der Waals surface area contributed by atoms with Crippen LogP contribution in [-0.2, 0) is 14.3 Å². The molecule has 1 aromatic carbocycles. The molecule has 0 atom stereocenters. The van der Waals surface area contributed by atoms with Crippen LogP contribution < -0.4 is 20.5 Å². The lowest BCUT2D eigenvalue weighted by molar-refractivity contribution is -0.143. The number of rotatable bonds is 6. The summed E-state index contributed by atoms with van der Waals surface area (Å²) >= 11 is 0. The highest BCUT2D eigenvalue weighted by Crippen LogP contribution is 2.27. The molecule has 0 aromatic heterocycles. The first-order valence-corrected chi connectivity index (χ1v) is 6.12. The highest BCUT2D eigenvalue weighted by atomic mass is 16.5. The number of methoxy groups -OCH3 is 2. The van der Waals surface area contributed by atoms with Gasteiger partial charge in [0.15, 0.2) is 18.1 Å². The Bertz CT molecular complexity index is 597. The molecule has 0 aliphatic carbocycles. The fourth-order valence-electron chi connectivity index (χ4n) is 1.48. The molecular formula is C14H16N2O6. The molecule has 8 nitrogen and oxygen atoms in total. The van der Waals surface area contributed by atoms with Gasteiger partial charge in [-0.15, -0.1) is 0 Å². The number of nitrogens with two attached hydrogens (primary N) is 1. The highest BCUT2D eigenvalue weighted by Gasteiger charge is 2.07. The van der Waals surface area contributed by atoms with E-state index in [1.165, 1.54) is 20.3 Å². The van der Waals surface area contributed by atoms with Crippen molar-refractivity contribution in [1.29, 1.82) is 0 Å². The minimum atomic E-state index is -1.01. The number of primary amides is 1. The molecule has 0 spiro atoms. The van der Waals surface area contributed by atoms with Crippen LogP contribution in [0.1, 0.15) is 5.56 Å². The van der Waals surface area contributed by atoms with Crippen LogP contribution in [0.5, 0.6) is 11.5 Å². The Balaban J connectivity index is 2.59. The molecule has 0 bridgehead atoms. The first-order valence-electron chi connectivity index (χ1n) is 6.12. The summed E-state index contributed by atoms with van der Waals surface area (Å²) in [6.07, 6.45) is 2.62. The number of esters is 1. The first-order chi connectivity index (χ1) is 10.5. The van der Waals surface area contributed by atoms with Gasteiger partial charge in [0.2, 0.25) is 0 Å². The number of carbonyl (C=O) groups excluding carboxylic acids is 3. The largest absolute Gasteiger partial charge is 0.493 e. The standard InChI is InChI=1S/C14H16N2O6/c1-20-10-5-3-9(7-11(10)21-2)4-6-13(18)22-8-12(17)16-14(15)19/h3-7H,8H2,1-2H3,(H3,15,16,17,19)/b6-4+. The molecule has 8 heteroatoms. The van der Waals surface area contributed by atoms with Gasteiger partial charge in [0.1, 0.15) is 0 Å². The molecule has 0 aliphatic rings. The molecule has 118 valence electrons. The van der Waals surface area contributed by atoms with Crippen LogP contribution in [0.4, 0.5) is 4.79 Å². The zero-order chi connectivity index (χ0) is 16.5. The molecule has 0 saturated heterocycles. The van der Waals surface area contributed by atoms with Crippen molar-refractivity contribution in [3.05, 3.63) is 29.8 Å². The fourth-order valence-corrected chi connectivity index (χ4v) is 1.48. The molecular weight excluding hydrogens is 292 g/mol. The van der Waals surface area contributed by atoms with Crippen molar-refractivity contribution in [2.24, 2.45) is 5.73 Å². The van der Waals surface area contributed by atoms with Crippen molar-refractivity contribution in [3.63, 3.8) is 0 Å². The average Bonchev–Trinajstić information content (AvgIpc) is 2.49. The topological polar surface area (TPSA) is 117 Å². The molecule has 0 unspecified atom stereocenters. The van der Waals surface area contributed by atoms with Crippen molar-refractivity contribution in [2.45, 2.75) is 0 Å². The van der Waals surface area contributed by atoms with Crippen molar-refractivity contribution in [3.8, 4) is 11.5 Å². The minimum Gasteiger partial charge on any atom is -0.493 e. The zero-order valence-electron chi connectivity index (χ0n) is 12.1. The van der Waals surface area contributed by atoms with Gasteiger partial charge in [0.25, 0.3) is 5.91 Å². The van der Waals surface area contributed by atoms with E-state index in [1.807, 2.05) is 0 Å². The molecule has 0 radical (unpaired) electrons. The van der Waals surface area contributed by atoms with Gasteiger partial charge in [0.05, 0.1) is 14.2 Å². The summed E-state index contributed by atoms with van der Waals surface area (Å²) in [5.41, 5.74) is 5.41. The van der Waals surface area contributed by atoms with Crippen molar-refractivity contribution in [2.75, 3.05) is 20.8 Å². The summed E-state index contributed by atoms with van der Waals surface area (Å²) < 4.78 is 14.8. The van der Waals surface area contributed by atoms with Gasteiger partial charge in [-0.1, -0.05) is 6.07 Å². The monoisotopic (exact) mass is 308 g/mol. The smallest absolute Gasteiger partial charge is 0.331 e. The van der Waals surface area contributed by atoms with Crippen molar-refractivity contribution < 1.29 is 28.6 Å². The van der Waals surface area contributed by atoms with Gasteiger partial charge < -0.3 is 19.9 Å². The second-order valence-electron chi connectivity index (χ2n) is 3.97. The number of benzene rings is 1. The fraction of sp³-hybridized carbons (Fsp3) is 0.214. The first kappa shape index (κ1) is 17.0. The summed E-state index contributed by atoms with van der Waals surface area (Å²) in [5.74, 6) is -0.473. The minimum absolute atomic E-state index is 0.513. The maximum absolute atomic E-state index is 11.4. The van der Waals surface area contributed by atoms with Gasteiger partial charge in [-0.05, 0) is 23.8 Å². The van der Waals surface area contributed by atoms with Crippen LogP contribution >= 0.6 is 0 Å². The number of imide groups is 1. The Morgan fingerprint density at radius 3 is 2.45 bits per heavy atom. The number of hydrogen-bond donors (Lipinski definition) is 2. The second kappa shape index (κ2) is 8.30. The van der Waals surface area contributed by atoms with Crippen LogP contribution in [0.15, 0.2) is 24.3 Å². The SMILES string of the molecule is COc1ccc(/C=C/C(=O)OCC(=O)NC(N)=O)cc1OC. The van der Waals surface area contributed by atoms with Gasteiger partial charge in [-0.3, -0.25) is 10.1 Å². The summed E-state index contributed by atoms with van der Waals surface area (Å²) in [5, 5.41) is 1.77. The summed E-state index contributed by atoms with van der Waals surface area (Å²) in [6.45, 7) is -0.599. The molecule has 22 heavy (non-hydrogen) atoms. The molecule has 0 saturated carbocycles. The second-order valence-corrected chi connectivity index (χ2v) is 3.97. The van der Waals surface area contributed by atoms with E-state index < -0.39 is 24.5 Å². The van der Waals surface area contributed by atoms with Crippen LogP contribution in [-0.4, -0.2) is 38.7 Å². The summed E-state index contributed by atoms with van der Waals surface area (Å²) in [7, 11) is 3.01. The van der Waals surface area contributed by atoms with Crippen LogP contribution in [0, 0.1) is 0 Å². The van der Waals surface area contributed by atoms with E-state index in [1.54, 1.807) is 23.5 Å². The number of amides is 3. The van der Waals surface area contributed by atoms with E-state index in [9.17, 15) is 14.4 Å². The quantitative estimate of drug-likeness (QED) is 0.582. The third-order valence-corrected chi connectivity index (χ3v) is 2.43. The van der Waals surface area contributed by atoms with Crippen molar-refractivity contribution in [1.82, 2.24) is 5.32 Å². The predicted octanol–water partition coefficient (Wildman–Crippen LogP) is 0.455. The molecule has 3 N–H and O–H groups in total. The third-order valence-electron chi connectivity index (χ3n) is 2.43. The van der Waals surface area contributed by atoms with E-state index in [0.717, 1.165) is 6.08 Å². The highest BCUT2D eigenvalue weighted by molar-refractivity contribution is 5.95. The van der Waals surface area contributed by atoms with E-state index in [4.69, 9.17) is 15.2 Å². The van der Waals surface area contributed by atoms with Crippen molar-refractivity contribution >= 4 is 24.0 Å². The number of carbonyl (C=O) groups is 3. The van der Waals surface area contributed by atoms with Gasteiger partial charge in [0, 0.05) is 6.08 Å². The van der Waals surface area contributed by atoms with E-state index in [-0.39, 0.29) is 0 Å². The Hall–Kier alpha value is -3.03. The van der Waals surface area contributed by atoms with E-state index >= 15 is 0 Å². The third kappa shape index (κ3) is 5.53. The number of hydrogen-bond acceptors (Lipinski definition) is 6. The molecule has 0 heterocycles. The lowest BCUT2D eigenvalue weighted by Gasteiger charge is -2.07. The molecule has 0 fully saturated rings. The number of ether oxygens (including phenoxy) is 3. The predicted molar refractivity (Wildman–Crippen MR) is 77.3 cm³/mol. The van der Waals surface area contributed by atoms with E-state index in [0.29, 0.717) is 17.1 Å². The van der Waals surface area contributed by atoms with E-state index in [2.05, 4.69) is 4.74 Å². The maximum Gasteiger partial charge on any atom is 0.331 e. The lowest BCUT2D eigenvalue weighted by Crippen LogP contribution is -2.37. The van der Waals surface area contributed by atoms with Gasteiger partial charge in [-0.25, -0.2) is 9.59 Å². The molecule has 1 aromatic rings. The van der Waals surface area contributed by atoms with Crippen LogP contribution in [0.2, 0.25) is 0 Å². The average molecular weight is 308 g/mol. The van der Waals surface area contributed by atoms with Crippen LogP contribution in [0.3, 0.4) is 0 Å². The Morgan fingerprint density at radius 1 is 1.18 bits per heavy atom. The Kier molecular flexibility index (Phi) is 6.42. The molecule has 0 aliphatic heterocycles. The lowest BCUT2D eigenvalue weighted by atomic mass is 10.2. The summed E-state index contributed by atoms with van der Waals surface area (Å²) in [4.78, 5) is 32.9. The zero-order valence-corrected chi connectivity index (χ0v) is 12.1. The molecule has 3 amide bonds. The maximum atomic E-state index is 11.4. The van der Waals surface area contributed by atoms with Crippen LogP contribution in [0.25, 0.3) is 6.08 Å². The number of urea groups is 1. The van der Waals surface area contributed by atoms with Gasteiger partial charge >= 0.3 is 12.0 Å². The normalized spacial score (nSPS) is 10.1. The Morgan fingerprint density at radius 2 is 1.86 bits per heavy atom. The molecule has 1 rings (SSSR count). The number of nitrogens with one attached hydrogen (secondary N) is 1. The summed E-state index contributed by atoms with van der Waals surface area (Å²) in [6, 6.07) is 4.05.